The monoisotopic (exact) mass is 220 g/mol. The van der Waals surface area contributed by atoms with Gasteiger partial charge in [-0.15, -0.1) is 0 Å². The highest BCUT2D eigenvalue weighted by Gasteiger charge is 2.16. The van der Waals surface area contributed by atoms with Crippen LogP contribution in [0.4, 0.5) is 0 Å². The molecule has 16 heavy (non-hydrogen) atoms. The first-order chi connectivity index (χ1) is 7.84. The third-order valence-electron chi connectivity index (χ3n) is 3.27. The van der Waals surface area contributed by atoms with Crippen molar-refractivity contribution < 1.29 is 9.84 Å². The van der Waals surface area contributed by atoms with E-state index in [-0.39, 0.29) is 0 Å². The van der Waals surface area contributed by atoms with E-state index >= 15 is 0 Å². The summed E-state index contributed by atoms with van der Waals surface area (Å²) in [5.74, 6) is 1.18. The van der Waals surface area contributed by atoms with Crippen molar-refractivity contribution in [3.8, 4) is 5.75 Å². The van der Waals surface area contributed by atoms with Gasteiger partial charge in [-0.3, -0.25) is 0 Å². The number of ether oxygens (including phenoxy) is 1. The minimum absolute atomic E-state index is 0.338. The van der Waals surface area contributed by atoms with Crippen molar-refractivity contribution in [3.05, 3.63) is 29.8 Å². The molecule has 2 rings (SSSR count). The van der Waals surface area contributed by atoms with Crippen LogP contribution in [0.5, 0.6) is 5.75 Å². The van der Waals surface area contributed by atoms with Crippen LogP contribution >= 0.6 is 0 Å². The van der Waals surface area contributed by atoms with Crippen molar-refractivity contribution in [2.24, 2.45) is 5.92 Å². The zero-order chi connectivity index (χ0) is 11.2. The normalized spacial score (nSPS) is 16.0. The van der Waals surface area contributed by atoms with E-state index in [1.54, 1.807) is 12.1 Å². The van der Waals surface area contributed by atoms with Gasteiger partial charge in [0.15, 0.2) is 0 Å². The topological polar surface area (TPSA) is 29.5 Å². The number of phenolic OH excluding ortho intramolecular Hbond substituents is 1. The molecule has 1 aliphatic carbocycles. The predicted molar refractivity (Wildman–Crippen MR) is 64.6 cm³/mol. The number of aryl methyl sites for hydroxylation is 1. The third kappa shape index (κ3) is 3.53. The van der Waals surface area contributed by atoms with Gasteiger partial charge in [-0.1, -0.05) is 18.6 Å². The largest absolute Gasteiger partial charge is 0.508 e. The van der Waals surface area contributed by atoms with E-state index in [9.17, 15) is 0 Å². The number of hydrogen-bond acceptors (Lipinski definition) is 2. The zero-order valence-corrected chi connectivity index (χ0v) is 9.69. The lowest BCUT2D eigenvalue weighted by Gasteiger charge is -2.24. The minimum atomic E-state index is 0.338. The molecule has 1 aromatic rings. The molecule has 1 fully saturated rings. The van der Waals surface area contributed by atoms with Crippen LogP contribution < -0.4 is 0 Å². The van der Waals surface area contributed by atoms with Crippen molar-refractivity contribution in [1.82, 2.24) is 0 Å². The molecule has 0 unspecified atom stereocenters. The highest BCUT2D eigenvalue weighted by atomic mass is 16.5. The lowest BCUT2D eigenvalue weighted by atomic mass is 9.86. The van der Waals surface area contributed by atoms with Crippen LogP contribution in [0, 0.1) is 5.92 Å². The molecule has 0 bridgehead atoms. The first kappa shape index (κ1) is 11.5. The van der Waals surface area contributed by atoms with Gasteiger partial charge in [-0.05, 0) is 49.3 Å². The molecule has 2 nitrogen and oxygen atoms in total. The number of hydrogen-bond donors (Lipinski definition) is 1. The van der Waals surface area contributed by atoms with E-state index < -0.39 is 0 Å². The van der Waals surface area contributed by atoms with E-state index in [0.717, 1.165) is 32.0 Å². The fourth-order valence-corrected chi connectivity index (χ4v) is 1.95. The molecular formula is C14H20O2. The Bertz CT molecular complexity index is 301. The Hall–Kier alpha value is -1.02. The number of aromatic hydroxyl groups is 1. The van der Waals surface area contributed by atoms with Gasteiger partial charge in [-0.2, -0.15) is 0 Å². The van der Waals surface area contributed by atoms with Gasteiger partial charge >= 0.3 is 0 Å². The van der Waals surface area contributed by atoms with Crippen molar-refractivity contribution in [1.29, 1.82) is 0 Å². The fourth-order valence-electron chi connectivity index (χ4n) is 1.95. The highest BCUT2D eigenvalue weighted by Crippen LogP contribution is 2.26. The van der Waals surface area contributed by atoms with E-state index in [0.29, 0.717) is 5.75 Å². The van der Waals surface area contributed by atoms with Gasteiger partial charge in [0.2, 0.25) is 0 Å². The van der Waals surface area contributed by atoms with Gasteiger partial charge in [0.05, 0.1) is 0 Å². The van der Waals surface area contributed by atoms with Gasteiger partial charge < -0.3 is 9.84 Å². The molecule has 88 valence electrons. The van der Waals surface area contributed by atoms with Crippen molar-refractivity contribution >= 4 is 0 Å². The second-order valence-electron chi connectivity index (χ2n) is 4.64. The Balaban J connectivity index is 1.55. The molecule has 0 heterocycles. The van der Waals surface area contributed by atoms with Crippen molar-refractivity contribution in [2.45, 2.75) is 32.1 Å². The summed E-state index contributed by atoms with van der Waals surface area (Å²) in [6.07, 6.45) is 6.21. The fraction of sp³-hybridized carbons (Fsp3) is 0.571. The Labute approximate surface area is 97.3 Å². The van der Waals surface area contributed by atoms with Crippen LogP contribution in [0.25, 0.3) is 0 Å². The molecule has 1 N–H and O–H groups in total. The minimum Gasteiger partial charge on any atom is -0.508 e. The Kier molecular flexibility index (Phi) is 4.23. The summed E-state index contributed by atoms with van der Waals surface area (Å²) >= 11 is 0. The molecular weight excluding hydrogens is 200 g/mol. The molecule has 0 amide bonds. The molecule has 0 radical (unpaired) electrons. The second kappa shape index (κ2) is 5.90. The van der Waals surface area contributed by atoms with Gasteiger partial charge in [0.25, 0.3) is 0 Å². The quantitative estimate of drug-likeness (QED) is 0.746. The van der Waals surface area contributed by atoms with Gasteiger partial charge in [0, 0.05) is 13.2 Å². The smallest absolute Gasteiger partial charge is 0.115 e. The van der Waals surface area contributed by atoms with Crippen LogP contribution in [-0.4, -0.2) is 18.3 Å². The lowest BCUT2D eigenvalue weighted by Crippen LogP contribution is -2.17. The molecule has 0 spiro atoms. The Morgan fingerprint density at radius 2 is 1.94 bits per heavy atom. The molecule has 0 atom stereocenters. The molecule has 0 aliphatic heterocycles. The van der Waals surface area contributed by atoms with E-state index in [1.165, 1.54) is 24.8 Å². The first-order valence-corrected chi connectivity index (χ1v) is 6.20. The van der Waals surface area contributed by atoms with Gasteiger partial charge in [-0.25, -0.2) is 0 Å². The molecule has 1 aliphatic rings. The van der Waals surface area contributed by atoms with E-state index in [1.807, 2.05) is 12.1 Å². The average molecular weight is 220 g/mol. The molecule has 0 aromatic heterocycles. The number of rotatable bonds is 6. The van der Waals surface area contributed by atoms with Crippen LogP contribution in [0.15, 0.2) is 24.3 Å². The Morgan fingerprint density at radius 1 is 1.19 bits per heavy atom. The zero-order valence-electron chi connectivity index (χ0n) is 9.69. The van der Waals surface area contributed by atoms with Crippen LogP contribution in [0.1, 0.15) is 31.2 Å². The lowest BCUT2D eigenvalue weighted by molar-refractivity contribution is 0.0690. The summed E-state index contributed by atoms with van der Waals surface area (Å²) in [6.45, 7) is 1.81. The maximum atomic E-state index is 9.14. The summed E-state index contributed by atoms with van der Waals surface area (Å²) in [5.41, 5.74) is 1.27. The van der Waals surface area contributed by atoms with Crippen molar-refractivity contribution in [2.75, 3.05) is 13.2 Å². The molecule has 0 saturated heterocycles. The molecule has 1 saturated carbocycles. The maximum absolute atomic E-state index is 9.14. The summed E-state index contributed by atoms with van der Waals surface area (Å²) in [4.78, 5) is 0. The average Bonchev–Trinajstić information content (AvgIpc) is 2.23. The van der Waals surface area contributed by atoms with Gasteiger partial charge in [0.1, 0.15) is 5.75 Å². The summed E-state index contributed by atoms with van der Waals surface area (Å²) in [7, 11) is 0. The highest BCUT2D eigenvalue weighted by molar-refractivity contribution is 5.25. The number of benzene rings is 1. The van der Waals surface area contributed by atoms with Crippen LogP contribution in [-0.2, 0) is 11.2 Å². The third-order valence-corrected chi connectivity index (χ3v) is 3.27. The predicted octanol–water partition coefficient (Wildman–Crippen LogP) is 3.14. The standard InChI is InChI=1S/C14H20O2/c15-14-8-6-12(7-9-14)5-2-10-16-11-13-3-1-4-13/h6-9,13,15H,1-5,10-11H2. The van der Waals surface area contributed by atoms with Crippen molar-refractivity contribution in [3.63, 3.8) is 0 Å². The molecule has 1 aromatic carbocycles. The maximum Gasteiger partial charge on any atom is 0.115 e. The van der Waals surface area contributed by atoms with E-state index in [2.05, 4.69) is 0 Å². The second-order valence-corrected chi connectivity index (χ2v) is 4.64. The summed E-state index contributed by atoms with van der Waals surface area (Å²) < 4.78 is 5.63. The SMILES string of the molecule is Oc1ccc(CCCOCC2CCC2)cc1. The van der Waals surface area contributed by atoms with Crippen LogP contribution in [0.2, 0.25) is 0 Å². The Morgan fingerprint density at radius 3 is 2.56 bits per heavy atom. The number of phenols is 1. The molecule has 2 heteroatoms. The van der Waals surface area contributed by atoms with E-state index in [4.69, 9.17) is 9.84 Å². The van der Waals surface area contributed by atoms with Crippen LogP contribution in [0.3, 0.4) is 0 Å². The summed E-state index contributed by atoms with van der Waals surface area (Å²) in [6, 6.07) is 7.43. The summed E-state index contributed by atoms with van der Waals surface area (Å²) in [5, 5.41) is 9.14. The first-order valence-electron chi connectivity index (χ1n) is 6.20.